The molecule has 17 rings (SSSR count). The second kappa shape index (κ2) is 24.2. The summed E-state index contributed by atoms with van der Waals surface area (Å²) in [5.41, 5.74) is 35.1. The highest BCUT2D eigenvalue weighted by Gasteiger charge is 2.21. The van der Waals surface area contributed by atoms with Gasteiger partial charge in [-0.25, -0.2) is 0 Å². The molecule has 16 aromatic rings. The van der Waals surface area contributed by atoms with Gasteiger partial charge in [0.2, 0.25) is 0 Å². The van der Waals surface area contributed by atoms with Crippen LogP contribution in [0.2, 0.25) is 0 Å². The zero-order valence-electron chi connectivity index (χ0n) is 59.4. The van der Waals surface area contributed by atoms with Crippen LogP contribution in [0.25, 0.3) is 179 Å². The van der Waals surface area contributed by atoms with Crippen LogP contribution in [0.5, 0.6) is 0 Å². The Kier molecular flexibility index (Phi) is 15.0. The first-order chi connectivity index (χ1) is 48.5. The van der Waals surface area contributed by atoms with Gasteiger partial charge in [0.05, 0.1) is 0 Å². The molecule has 0 atom stereocenters. The van der Waals surface area contributed by atoms with Gasteiger partial charge in [0.25, 0.3) is 0 Å². The van der Waals surface area contributed by atoms with Gasteiger partial charge in [0.15, 0.2) is 0 Å². The van der Waals surface area contributed by atoms with Crippen molar-refractivity contribution in [1.29, 1.82) is 0 Å². The van der Waals surface area contributed by atoms with Crippen LogP contribution in [0.15, 0.2) is 218 Å². The molecule has 480 valence electrons. The van der Waals surface area contributed by atoms with Crippen LogP contribution in [0, 0.1) is 83.1 Å². The fourth-order valence-corrected chi connectivity index (χ4v) is 17.8. The first-order valence-electron chi connectivity index (χ1n) is 35.5. The highest BCUT2D eigenvalue weighted by molar-refractivity contribution is 6.17. The average molecular weight is 1280 g/mol. The molecule has 0 nitrogen and oxygen atoms in total. The minimum Gasteiger partial charge on any atom is -0.0610 e. The summed E-state index contributed by atoms with van der Waals surface area (Å²) in [7, 11) is 0. The largest absolute Gasteiger partial charge is 0.0610 e. The van der Waals surface area contributed by atoms with E-state index in [1.165, 1.54) is 242 Å². The molecular weight excluding hydrogens is 1200 g/mol. The summed E-state index contributed by atoms with van der Waals surface area (Å²) in [5.74, 6) is 0. The molecule has 16 aromatic carbocycles. The van der Waals surface area contributed by atoms with Crippen LogP contribution in [0.4, 0.5) is 0 Å². The Morgan fingerprint density at radius 3 is 0.520 bits per heavy atom. The van der Waals surface area contributed by atoms with E-state index in [0.29, 0.717) is 0 Å². The van der Waals surface area contributed by atoms with Crippen molar-refractivity contribution in [1.82, 2.24) is 0 Å². The Balaban J connectivity index is 0.955. The Bertz CT molecular complexity index is 5900. The van der Waals surface area contributed by atoms with Gasteiger partial charge in [0, 0.05) is 0 Å². The van der Waals surface area contributed by atoms with Gasteiger partial charge < -0.3 is 0 Å². The van der Waals surface area contributed by atoms with E-state index < -0.39 is 0 Å². The zero-order chi connectivity index (χ0) is 68.5. The van der Waals surface area contributed by atoms with E-state index in [2.05, 4.69) is 350 Å². The topological polar surface area (TPSA) is 0 Å². The Hall–Kier alpha value is -11.4. The van der Waals surface area contributed by atoms with Gasteiger partial charge >= 0.3 is 0 Å². The van der Waals surface area contributed by atoms with Crippen molar-refractivity contribution in [3.8, 4) is 44.5 Å². The summed E-state index contributed by atoms with van der Waals surface area (Å²) in [4.78, 5) is 0. The zero-order valence-corrected chi connectivity index (χ0v) is 59.4. The Labute approximate surface area is 588 Å². The third-order valence-electron chi connectivity index (χ3n) is 21.9. The lowest BCUT2D eigenvalue weighted by Gasteiger charge is -2.18. The smallest absolute Gasteiger partial charge is 0.00928 e. The fraction of sp³-hybridized carbons (Fsp3) is 0.120. The summed E-state index contributed by atoms with van der Waals surface area (Å²) in [5, 5.41) is 19.6. The van der Waals surface area contributed by atoms with E-state index in [-0.39, 0.29) is 0 Å². The third kappa shape index (κ3) is 10.6. The summed E-state index contributed by atoms with van der Waals surface area (Å²) in [6.07, 6.45) is 18.9. The molecule has 8 bridgehead atoms. The van der Waals surface area contributed by atoms with Crippen molar-refractivity contribution in [2.75, 3.05) is 0 Å². The molecule has 1 aliphatic rings. The lowest BCUT2D eigenvalue weighted by molar-refractivity contribution is 1.32. The molecule has 0 aliphatic heterocycles. The molecule has 0 heteroatoms. The highest BCUT2D eigenvalue weighted by Crippen LogP contribution is 2.46. The number of aryl methyl sites for hydroxylation is 12. The van der Waals surface area contributed by atoms with Crippen LogP contribution in [-0.2, 0) is 0 Å². The molecule has 0 amide bonds. The van der Waals surface area contributed by atoms with Gasteiger partial charge in [-0.15, -0.1) is 0 Å². The monoisotopic (exact) mass is 1280 g/mol. The van der Waals surface area contributed by atoms with E-state index in [9.17, 15) is 0 Å². The average Bonchev–Trinajstić information content (AvgIpc) is 0.763. The lowest BCUT2D eigenvalue weighted by atomic mass is 9.86. The molecular formula is C100H80. The molecule has 0 fully saturated rings. The SMILES string of the molecule is Cc1cc(C)c(-c2ccc3c4cc5c(cccc5cc24)C=Cc2cccc4cc5c(-c6c(C)cc(C)cc6C)ccc(c5cc24)C=Cc2cccc4cc5c(-c6c(C)cc(C)cc6C)ccc(c5cc24)C=Cc2ccc(-c4c(C)cc(C)cc4C)c4cc5cccc(c5cc24)C=C3)c(C)c1. The Morgan fingerprint density at radius 2 is 0.330 bits per heavy atom. The maximum atomic E-state index is 2.48. The standard InChI is InChI=1S/C100H80/c1-57-41-61(5)97(62(6)42-57)81-37-33-73-29-27-71-19-15-23-79-51-95-83(99-65(9)45-59(3)46-66(99)10)39-35-75(91(95)55-87(71)79)31-32-76-36-40-84(100-67(11)47-60(4)48-68(100)12)96-52-80-24-16-20-72(88(80)56-92(76)96)28-30-74-34-38-82(98-63(7)43-58(2)44-64(98)8)94-50-78-22-14-18-70(86(78)54-90(74)94)26-25-69-17-13-21-77-49-93(81)89(73)53-85(69)77/h13-56H,1-12H3. The van der Waals surface area contributed by atoms with Crippen molar-refractivity contribution in [3.05, 3.63) is 330 Å². The van der Waals surface area contributed by atoms with E-state index in [1.54, 1.807) is 0 Å². The normalized spacial score (nSPS) is 12.4. The molecule has 1 aliphatic carbocycles. The number of hydrogen-bond acceptors (Lipinski definition) is 0. The molecule has 0 aromatic heterocycles. The lowest BCUT2D eigenvalue weighted by Crippen LogP contribution is -1.94. The van der Waals surface area contributed by atoms with Crippen LogP contribution < -0.4 is 0 Å². The van der Waals surface area contributed by atoms with Gasteiger partial charge in [-0.2, -0.15) is 0 Å². The molecule has 100 heavy (non-hydrogen) atoms. The van der Waals surface area contributed by atoms with E-state index in [0.717, 1.165) is 0 Å². The quantitative estimate of drug-likeness (QED) is 0.154. The van der Waals surface area contributed by atoms with Crippen molar-refractivity contribution < 1.29 is 0 Å². The maximum Gasteiger partial charge on any atom is -0.00928 e. The summed E-state index contributed by atoms with van der Waals surface area (Å²) >= 11 is 0. The Morgan fingerprint density at radius 1 is 0.150 bits per heavy atom. The molecule has 0 radical (unpaired) electrons. The highest BCUT2D eigenvalue weighted by atomic mass is 14.2. The second-order valence-corrected chi connectivity index (χ2v) is 29.1. The van der Waals surface area contributed by atoms with E-state index in [4.69, 9.17) is 0 Å². The van der Waals surface area contributed by atoms with Gasteiger partial charge in [-0.05, 0) is 351 Å². The molecule has 0 unspecified atom stereocenters. The van der Waals surface area contributed by atoms with Crippen LogP contribution >= 0.6 is 0 Å². The molecule has 0 N–H and O–H groups in total. The summed E-state index contributed by atoms with van der Waals surface area (Å²) < 4.78 is 0. The fourth-order valence-electron chi connectivity index (χ4n) is 17.8. The molecule has 0 saturated carbocycles. The van der Waals surface area contributed by atoms with E-state index in [1.807, 2.05) is 0 Å². The van der Waals surface area contributed by atoms with Crippen molar-refractivity contribution in [2.45, 2.75) is 83.1 Å². The van der Waals surface area contributed by atoms with Crippen molar-refractivity contribution in [2.24, 2.45) is 0 Å². The van der Waals surface area contributed by atoms with Crippen LogP contribution in [0.3, 0.4) is 0 Å². The number of benzene rings is 16. The summed E-state index contributed by atoms with van der Waals surface area (Å²) in [6, 6.07) is 84.7. The molecule has 0 saturated heterocycles. The summed E-state index contributed by atoms with van der Waals surface area (Å²) in [6.45, 7) is 27.0. The van der Waals surface area contributed by atoms with Crippen molar-refractivity contribution in [3.63, 3.8) is 0 Å². The maximum absolute atomic E-state index is 2.48. The minimum atomic E-state index is 1.17. The first-order valence-corrected chi connectivity index (χ1v) is 35.5. The number of hydrogen-bond donors (Lipinski definition) is 0. The van der Waals surface area contributed by atoms with Gasteiger partial charge in [-0.3, -0.25) is 0 Å². The third-order valence-corrected chi connectivity index (χ3v) is 21.9. The van der Waals surface area contributed by atoms with Gasteiger partial charge in [-0.1, -0.05) is 241 Å². The van der Waals surface area contributed by atoms with Gasteiger partial charge in [0.1, 0.15) is 0 Å². The second-order valence-electron chi connectivity index (χ2n) is 29.1. The van der Waals surface area contributed by atoms with Crippen LogP contribution in [-0.4, -0.2) is 0 Å². The van der Waals surface area contributed by atoms with Crippen LogP contribution in [0.1, 0.15) is 111 Å². The molecule has 0 heterocycles. The molecule has 0 spiro atoms. The minimum absolute atomic E-state index is 1.17. The number of rotatable bonds is 4. The van der Waals surface area contributed by atoms with Crippen molar-refractivity contribution >= 4 is 135 Å². The van der Waals surface area contributed by atoms with E-state index >= 15 is 0 Å². The predicted octanol–water partition coefficient (Wildman–Crippen LogP) is 28.3. The first kappa shape index (κ1) is 62.1. The predicted molar refractivity (Wildman–Crippen MR) is 440 cm³/mol.